The second-order valence-corrected chi connectivity index (χ2v) is 4.22. The highest BCUT2D eigenvalue weighted by molar-refractivity contribution is 5.84. The highest BCUT2D eigenvalue weighted by Gasteiger charge is 2.05. The topological polar surface area (TPSA) is 12.9 Å². The molecule has 78 valence electrons. The summed E-state index contributed by atoms with van der Waals surface area (Å²) in [6, 6.07) is 6.77. The van der Waals surface area contributed by atoms with Gasteiger partial charge in [-0.3, -0.25) is 4.98 Å². The van der Waals surface area contributed by atoms with Crippen molar-refractivity contribution in [2.75, 3.05) is 0 Å². The van der Waals surface area contributed by atoms with Crippen LogP contribution in [0.2, 0.25) is 0 Å². The second kappa shape index (κ2) is 3.97. The smallest absolute Gasteiger partial charge is 0.123 e. The zero-order chi connectivity index (χ0) is 10.8. The Morgan fingerprint density at radius 2 is 2.07 bits per heavy atom. The van der Waals surface area contributed by atoms with Gasteiger partial charge in [-0.25, -0.2) is 4.39 Å². The molecule has 0 saturated carbocycles. The number of benzene rings is 1. The summed E-state index contributed by atoms with van der Waals surface area (Å²) in [5.41, 5.74) is 0.988. The van der Waals surface area contributed by atoms with Crippen LogP contribution >= 0.6 is 0 Å². The Kier molecular flexibility index (Phi) is 2.67. The summed E-state index contributed by atoms with van der Waals surface area (Å²) >= 11 is 0. The van der Waals surface area contributed by atoms with Gasteiger partial charge in [0.2, 0.25) is 0 Å². The lowest BCUT2D eigenvalue weighted by Gasteiger charge is -2.07. The number of rotatable bonds is 2. The highest BCUT2D eigenvalue weighted by Crippen LogP contribution is 2.20. The molecule has 0 atom stereocenters. The summed E-state index contributed by atoms with van der Waals surface area (Å²) < 4.78 is 13.1. The molecule has 1 aromatic heterocycles. The maximum absolute atomic E-state index is 13.1. The molecule has 0 bridgehead atoms. The fourth-order valence-electron chi connectivity index (χ4n) is 1.75. The van der Waals surface area contributed by atoms with Crippen LogP contribution in [0.25, 0.3) is 10.8 Å². The molecule has 0 aliphatic rings. The zero-order valence-corrected chi connectivity index (χ0v) is 9.00. The van der Waals surface area contributed by atoms with Gasteiger partial charge in [-0.1, -0.05) is 19.9 Å². The maximum atomic E-state index is 13.1. The van der Waals surface area contributed by atoms with E-state index in [9.17, 15) is 4.39 Å². The van der Waals surface area contributed by atoms with Gasteiger partial charge in [-0.2, -0.15) is 0 Å². The lowest BCUT2D eigenvalue weighted by Crippen LogP contribution is -1.98. The number of nitrogens with zero attached hydrogens (tertiary/aromatic N) is 1. The van der Waals surface area contributed by atoms with E-state index in [-0.39, 0.29) is 5.82 Å². The Hall–Kier alpha value is -1.44. The fraction of sp³-hybridized carbons (Fsp3) is 0.308. The van der Waals surface area contributed by atoms with Crippen molar-refractivity contribution in [3.8, 4) is 0 Å². The fourth-order valence-corrected chi connectivity index (χ4v) is 1.75. The predicted octanol–water partition coefficient (Wildman–Crippen LogP) is 3.57. The Labute approximate surface area is 89.0 Å². The van der Waals surface area contributed by atoms with E-state index < -0.39 is 0 Å². The first-order valence-electron chi connectivity index (χ1n) is 5.20. The van der Waals surface area contributed by atoms with Crippen LogP contribution in [0.5, 0.6) is 0 Å². The van der Waals surface area contributed by atoms with Crippen molar-refractivity contribution in [3.63, 3.8) is 0 Å². The number of halogens is 1. The molecule has 15 heavy (non-hydrogen) atoms. The summed E-state index contributed by atoms with van der Waals surface area (Å²) in [7, 11) is 0. The molecule has 0 aliphatic carbocycles. The number of pyridine rings is 1. The van der Waals surface area contributed by atoms with Gasteiger partial charge in [0.15, 0.2) is 0 Å². The molecule has 0 unspecified atom stereocenters. The number of aromatic nitrogens is 1. The van der Waals surface area contributed by atoms with Crippen molar-refractivity contribution in [3.05, 3.63) is 42.0 Å². The standard InChI is InChI=1S/C13H14FN/c1-9(2)7-13-12-8-11(14)4-3-10(12)5-6-15-13/h3-6,8-9H,7H2,1-2H3. The van der Waals surface area contributed by atoms with E-state index in [2.05, 4.69) is 18.8 Å². The number of hydrogen-bond donors (Lipinski definition) is 0. The molecular weight excluding hydrogens is 189 g/mol. The van der Waals surface area contributed by atoms with Crippen LogP contribution in [0.4, 0.5) is 4.39 Å². The Balaban J connectivity index is 2.58. The largest absolute Gasteiger partial charge is 0.261 e. The SMILES string of the molecule is CC(C)Cc1nccc2ccc(F)cc12. The Bertz CT molecular complexity index is 477. The van der Waals surface area contributed by atoms with Gasteiger partial charge in [0.25, 0.3) is 0 Å². The Morgan fingerprint density at radius 1 is 1.27 bits per heavy atom. The van der Waals surface area contributed by atoms with Crippen molar-refractivity contribution in [2.24, 2.45) is 5.92 Å². The summed E-state index contributed by atoms with van der Waals surface area (Å²) in [6.45, 7) is 4.28. The van der Waals surface area contributed by atoms with Gasteiger partial charge in [-0.15, -0.1) is 0 Å². The van der Waals surface area contributed by atoms with E-state index >= 15 is 0 Å². The minimum Gasteiger partial charge on any atom is -0.261 e. The third-order valence-electron chi connectivity index (χ3n) is 2.41. The van der Waals surface area contributed by atoms with Gasteiger partial charge >= 0.3 is 0 Å². The van der Waals surface area contributed by atoms with Crippen molar-refractivity contribution >= 4 is 10.8 Å². The summed E-state index contributed by atoms with van der Waals surface area (Å²) in [6.07, 6.45) is 2.68. The molecule has 1 nitrogen and oxygen atoms in total. The minimum atomic E-state index is -0.194. The lowest BCUT2D eigenvalue weighted by molar-refractivity contribution is 0.626. The molecule has 0 N–H and O–H groups in total. The minimum absolute atomic E-state index is 0.194. The third kappa shape index (κ3) is 2.14. The van der Waals surface area contributed by atoms with Gasteiger partial charge in [-0.05, 0) is 35.9 Å². The molecule has 0 saturated heterocycles. The maximum Gasteiger partial charge on any atom is 0.123 e. The predicted molar refractivity (Wildman–Crippen MR) is 60.2 cm³/mol. The average molecular weight is 203 g/mol. The van der Waals surface area contributed by atoms with E-state index in [1.54, 1.807) is 18.3 Å². The van der Waals surface area contributed by atoms with Gasteiger partial charge < -0.3 is 0 Å². The van der Waals surface area contributed by atoms with Crippen LogP contribution in [0.1, 0.15) is 19.5 Å². The van der Waals surface area contributed by atoms with Crippen LogP contribution in [0.15, 0.2) is 30.5 Å². The molecule has 0 fully saturated rings. The molecule has 2 aromatic rings. The average Bonchev–Trinajstić information content (AvgIpc) is 2.18. The molecule has 2 rings (SSSR count). The third-order valence-corrected chi connectivity index (χ3v) is 2.41. The van der Waals surface area contributed by atoms with Crippen LogP contribution in [-0.4, -0.2) is 4.98 Å². The Morgan fingerprint density at radius 3 is 2.80 bits per heavy atom. The normalized spacial score (nSPS) is 11.2. The highest BCUT2D eigenvalue weighted by atomic mass is 19.1. The lowest BCUT2D eigenvalue weighted by atomic mass is 10.0. The number of fused-ring (bicyclic) bond motifs is 1. The van der Waals surface area contributed by atoms with Crippen LogP contribution in [-0.2, 0) is 6.42 Å². The van der Waals surface area contributed by atoms with E-state index in [0.29, 0.717) is 5.92 Å². The number of hydrogen-bond acceptors (Lipinski definition) is 1. The molecule has 2 heteroatoms. The van der Waals surface area contributed by atoms with E-state index in [0.717, 1.165) is 22.9 Å². The molecule has 1 aromatic carbocycles. The zero-order valence-electron chi connectivity index (χ0n) is 9.00. The molecular formula is C13H14FN. The first-order valence-corrected chi connectivity index (χ1v) is 5.20. The summed E-state index contributed by atoms with van der Waals surface area (Å²) in [5.74, 6) is 0.340. The van der Waals surface area contributed by atoms with E-state index in [1.807, 2.05) is 6.07 Å². The van der Waals surface area contributed by atoms with Gasteiger partial charge in [0.05, 0.1) is 0 Å². The monoisotopic (exact) mass is 203 g/mol. The van der Waals surface area contributed by atoms with Crippen molar-refractivity contribution in [1.82, 2.24) is 4.98 Å². The van der Waals surface area contributed by atoms with Crippen molar-refractivity contribution in [1.29, 1.82) is 0 Å². The molecule has 0 aliphatic heterocycles. The van der Waals surface area contributed by atoms with Crippen LogP contribution in [0.3, 0.4) is 0 Å². The van der Waals surface area contributed by atoms with Crippen molar-refractivity contribution < 1.29 is 4.39 Å². The molecule has 0 amide bonds. The van der Waals surface area contributed by atoms with Gasteiger partial charge in [0, 0.05) is 17.3 Å². The van der Waals surface area contributed by atoms with E-state index in [4.69, 9.17) is 0 Å². The van der Waals surface area contributed by atoms with Crippen LogP contribution in [0, 0.1) is 11.7 Å². The molecule has 1 heterocycles. The second-order valence-electron chi connectivity index (χ2n) is 4.22. The van der Waals surface area contributed by atoms with Crippen molar-refractivity contribution in [2.45, 2.75) is 20.3 Å². The first-order chi connectivity index (χ1) is 7.16. The van der Waals surface area contributed by atoms with Gasteiger partial charge in [0.1, 0.15) is 5.82 Å². The summed E-state index contributed by atoms with van der Waals surface area (Å²) in [5, 5.41) is 1.99. The first kappa shape index (κ1) is 10.1. The van der Waals surface area contributed by atoms with Crippen LogP contribution < -0.4 is 0 Å². The quantitative estimate of drug-likeness (QED) is 0.727. The molecule has 0 spiro atoms. The molecule has 0 radical (unpaired) electrons. The van der Waals surface area contributed by atoms with E-state index in [1.165, 1.54) is 6.07 Å². The summed E-state index contributed by atoms with van der Waals surface area (Å²) in [4.78, 5) is 4.32.